The first-order chi connectivity index (χ1) is 5.20. The van der Waals surface area contributed by atoms with Crippen molar-refractivity contribution in [2.75, 3.05) is 13.1 Å². The smallest absolute Gasteiger partial charge is 0.138 e. The summed E-state index contributed by atoms with van der Waals surface area (Å²) in [5, 5.41) is 3.21. The van der Waals surface area contributed by atoms with Gasteiger partial charge in [0.15, 0.2) is 0 Å². The van der Waals surface area contributed by atoms with E-state index < -0.39 is 0 Å². The standard InChI is InChI=1S/C9H15NO/c1-7(2)5-8-6-10-4-3-9(8)11/h8,10H,1,3-6H2,2H3. The number of ketones is 1. The second-order valence-corrected chi connectivity index (χ2v) is 3.28. The van der Waals surface area contributed by atoms with Crippen LogP contribution in [0.2, 0.25) is 0 Å². The molecular formula is C9H15NO. The highest BCUT2D eigenvalue weighted by atomic mass is 16.1. The van der Waals surface area contributed by atoms with E-state index in [0.29, 0.717) is 12.2 Å². The van der Waals surface area contributed by atoms with E-state index >= 15 is 0 Å². The normalized spacial score (nSPS) is 25.2. The van der Waals surface area contributed by atoms with Crippen LogP contribution in [-0.2, 0) is 4.79 Å². The fourth-order valence-electron chi connectivity index (χ4n) is 1.41. The number of hydrogen-bond donors (Lipinski definition) is 1. The molecule has 62 valence electrons. The fourth-order valence-corrected chi connectivity index (χ4v) is 1.41. The monoisotopic (exact) mass is 153 g/mol. The van der Waals surface area contributed by atoms with Crippen molar-refractivity contribution in [2.45, 2.75) is 19.8 Å². The lowest BCUT2D eigenvalue weighted by Gasteiger charge is -2.21. The first kappa shape index (κ1) is 8.47. The van der Waals surface area contributed by atoms with Crippen LogP contribution >= 0.6 is 0 Å². The SMILES string of the molecule is C=C(C)CC1CNCCC1=O. The minimum Gasteiger partial charge on any atom is -0.316 e. The van der Waals surface area contributed by atoms with Crippen LogP contribution in [0.25, 0.3) is 0 Å². The molecule has 1 atom stereocenters. The highest BCUT2D eigenvalue weighted by Crippen LogP contribution is 2.14. The van der Waals surface area contributed by atoms with Gasteiger partial charge in [-0.15, -0.1) is 6.58 Å². The van der Waals surface area contributed by atoms with Crippen molar-refractivity contribution in [3.63, 3.8) is 0 Å². The molecular weight excluding hydrogens is 138 g/mol. The highest BCUT2D eigenvalue weighted by Gasteiger charge is 2.21. The summed E-state index contributed by atoms with van der Waals surface area (Å²) in [4.78, 5) is 11.2. The first-order valence-corrected chi connectivity index (χ1v) is 4.08. The molecule has 0 aromatic carbocycles. The summed E-state index contributed by atoms with van der Waals surface area (Å²) >= 11 is 0. The zero-order chi connectivity index (χ0) is 8.27. The second kappa shape index (κ2) is 3.67. The molecule has 1 saturated heterocycles. The van der Waals surface area contributed by atoms with Gasteiger partial charge in [0.05, 0.1) is 0 Å². The average Bonchev–Trinajstić information content (AvgIpc) is 1.93. The van der Waals surface area contributed by atoms with E-state index in [2.05, 4.69) is 11.9 Å². The number of carbonyl (C=O) groups is 1. The maximum absolute atomic E-state index is 11.2. The molecule has 1 unspecified atom stereocenters. The quantitative estimate of drug-likeness (QED) is 0.602. The van der Waals surface area contributed by atoms with E-state index in [-0.39, 0.29) is 5.92 Å². The maximum atomic E-state index is 11.2. The predicted octanol–water partition coefficient (Wildman–Crippen LogP) is 1.13. The number of allylic oxidation sites excluding steroid dienone is 1. The number of hydrogen-bond acceptors (Lipinski definition) is 2. The van der Waals surface area contributed by atoms with Gasteiger partial charge in [-0.05, 0) is 13.3 Å². The Bertz CT molecular complexity index is 174. The van der Waals surface area contributed by atoms with Gasteiger partial charge in [0, 0.05) is 25.4 Å². The molecule has 2 nitrogen and oxygen atoms in total. The summed E-state index contributed by atoms with van der Waals surface area (Å²) in [7, 11) is 0. The Kier molecular flexibility index (Phi) is 2.83. The average molecular weight is 153 g/mol. The van der Waals surface area contributed by atoms with Gasteiger partial charge in [0.1, 0.15) is 5.78 Å². The molecule has 0 spiro atoms. The Morgan fingerprint density at radius 3 is 3.09 bits per heavy atom. The van der Waals surface area contributed by atoms with Crippen molar-refractivity contribution in [1.82, 2.24) is 5.32 Å². The number of nitrogens with one attached hydrogen (secondary N) is 1. The van der Waals surface area contributed by atoms with Gasteiger partial charge in [0.25, 0.3) is 0 Å². The van der Waals surface area contributed by atoms with Gasteiger partial charge in [-0.3, -0.25) is 4.79 Å². The molecule has 1 N–H and O–H groups in total. The summed E-state index contributed by atoms with van der Waals surface area (Å²) in [6.07, 6.45) is 1.55. The maximum Gasteiger partial charge on any atom is 0.138 e. The molecule has 0 bridgehead atoms. The number of carbonyl (C=O) groups excluding carboxylic acids is 1. The number of piperidine rings is 1. The predicted molar refractivity (Wildman–Crippen MR) is 45.4 cm³/mol. The van der Waals surface area contributed by atoms with Gasteiger partial charge in [-0.2, -0.15) is 0 Å². The van der Waals surface area contributed by atoms with Crippen LogP contribution in [0.15, 0.2) is 12.2 Å². The fraction of sp³-hybridized carbons (Fsp3) is 0.667. The summed E-state index contributed by atoms with van der Waals surface area (Å²) in [5.41, 5.74) is 1.10. The Morgan fingerprint density at radius 1 is 1.82 bits per heavy atom. The molecule has 0 saturated carbocycles. The zero-order valence-corrected chi connectivity index (χ0v) is 7.02. The Labute approximate surface area is 67.7 Å². The van der Waals surface area contributed by atoms with E-state index in [4.69, 9.17) is 0 Å². The largest absolute Gasteiger partial charge is 0.316 e. The van der Waals surface area contributed by atoms with Crippen LogP contribution in [0.1, 0.15) is 19.8 Å². The minimum atomic E-state index is 0.196. The third kappa shape index (κ3) is 2.46. The van der Waals surface area contributed by atoms with Crippen molar-refractivity contribution in [1.29, 1.82) is 0 Å². The van der Waals surface area contributed by atoms with Crippen LogP contribution < -0.4 is 5.32 Å². The summed E-state index contributed by atoms with van der Waals surface area (Å²) in [6.45, 7) is 7.47. The Balaban J connectivity index is 2.42. The van der Waals surface area contributed by atoms with Crippen LogP contribution in [0.5, 0.6) is 0 Å². The van der Waals surface area contributed by atoms with Crippen LogP contribution in [0.4, 0.5) is 0 Å². The molecule has 0 aromatic rings. The minimum absolute atomic E-state index is 0.196. The first-order valence-electron chi connectivity index (χ1n) is 4.08. The third-order valence-corrected chi connectivity index (χ3v) is 1.99. The van der Waals surface area contributed by atoms with Crippen molar-refractivity contribution in [3.05, 3.63) is 12.2 Å². The number of Topliss-reactive ketones (excluding diaryl/α,β-unsaturated/α-hetero) is 1. The molecule has 0 aliphatic carbocycles. The van der Waals surface area contributed by atoms with Crippen molar-refractivity contribution in [2.24, 2.45) is 5.92 Å². The lowest BCUT2D eigenvalue weighted by molar-refractivity contribution is -0.123. The van der Waals surface area contributed by atoms with E-state index in [1.807, 2.05) is 6.92 Å². The molecule has 1 aliphatic rings. The van der Waals surface area contributed by atoms with Crippen molar-refractivity contribution >= 4 is 5.78 Å². The van der Waals surface area contributed by atoms with Crippen LogP contribution in [-0.4, -0.2) is 18.9 Å². The topological polar surface area (TPSA) is 29.1 Å². The lowest BCUT2D eigenvalue weighted by Crippen LogP contribution is -2.36. The molecule has 1 heterocycles. The molecule has 0 radical (unpaired) electrons. The highest BCUT2D eigenvalue weighted by molar-refractivity contribution is 5.82. The summed E-state index contributed by atoms with van der Waals surface area (Å²) in [5.74, 6) is 0.591. The molecule has 1 rings (SSSR count). The molecule has 11 heavy (non-hydrogen) atoms. The molecule has 0 amide bonds. The molecule has 2 heteroatoms. The van der Waals surface area contributed by atoms with Gasteiger partial charge in [0.2, 0.25) is 0 Å². The van der Waals surface area contributed by atoms with Crippen molar-refractivity contribution < 1.29 is 4.79 Å². The Hall–Kier alpha value is -0.630. The molecule has 1 fully saturated rings. The zero-order valence-electron chi connectivity index (χ0n) is 7.02. The third-order valence-electron chi connectivity index (χ3n) is 1.99. The van der Waals surface area contributed by atoms with E-state index in [1.54, 1.807) is 0 Å². The van der Waals surface area contributed by atoms with E-state index in [1.165, 1.54) is 0 Å². The lowest BCUT2D eigenvalue weighted by atomic mass is 9.92. The van der Waals surface area contributed by atoms with Gasteiger partial charge in [-0.1, -0.05) is 5.57 Å². The van der Waals surface area contributed by atoms with Crippen molar-refractivity contribution in [3.8, 4) is 0 Å². The van der Waals surface area contributed by atoms with E-state index in [9.17, 15) is 4.79 Å². The molecule has 1 aliphatic heterocycles. The van der Waals surface area contributed by atoms with Crippen LogP contribution in [0, 0.1) is 5.92 Å². The van der Waals surface area contributed by atoms with Crippen LogP contribution in [0.3, 0.4) is 0 Å². The Morgan fingerprint density at radius 2 is 2.55 bits per heavy atom. The van der Waals surface area contributed by atoms with E-state index in [0.717, 1.165) is 25.1 Å². The van der Waals surface area contributed by atoms with Gasteiger partial charge in [-0.25, -0.2) is 0 Å². The van der Waals surface area contributed by atoms with Gasteiger partial charge < -0.3 is 5.32 Å². The second-order valence-electron chi connectivity index (χ2n) is 3.28. The number of rotatable bonds is 2. The molecule has 0 aromatic heterocycles. The summed E-state index contributed by atoms with van der Waals surface area (Å²) < 4.78 is 0. The van der Waals surface area contributed by atoms with Gasteiger partial charge >= 0.3 is 0 Å². The summed E-state index contributed by atoms with van der Waals surface area (Å²) in [6, 6.07) is 0.